The lowest BCUT2D eigenvalue weighted by Gasteiger charge is -2.17. The predicted molar refractivity (Wildman–Crippen MR) is 221 cm³/mol. The van der Waals surface area contributed by atoms with Crippen LogP contribution in [0.3, 0.4) is 0 Å². The average Bonchev–Trinajstić information content (AvgIpc) is 3.20. The molecule has 0 aliphatic heterocycles. The first kappa shape index (κ1) is 47.3. The molecule has 0 atom stereocenters. The smallest absolute Gasteiger partial charge is 0.397 e. The minimum absolute atomic E-state index is 0.000320. The van der Waals surface area contributed by atoms with Gasteiger partial charge in [-0.3, -0.25) is 38.3 Å². The Morgan fingerprint density at radius 2 is 1.19 bits per heavy atom. The van der Waals surface area contributed by atoms with Gasteiger partial charge in [0.05, 0.1) is 61.2 Å². The normalized spacial score (nSPS) is 12.6. The number of rotatable bonds is 22. The lowest BCUT2D eigenvalue weighted by atomic mass is 10.2. The summed E-state index contributed by atoms with van der Waals surface area (Å²) in [5.74, 6) is -3.21. The van der Waals surface area contributed by atoms with E-state index in [2.05, 4.69) is 49.6 Å². The molecule has 5 aromatic rings. The summed E-state index contributed by atoms with van der Waals surface area (Å²) in [6.07, 6.45) is -1.13. The van der Waals surface area contributed by atoms with Gasteiger partial charge in [0.15, 0.2) is 22.3 Å². The summed E-state index contributed by atoms with van der Waals surface area (Å²) in [6, 6.07) is 6.33. The lowest BCUT2D eigenvalue weighted by molar-refractivity contribution is -0.139. The molecule has 62 heavy (non-hydrogen) atoms. The Hall–Kier alpha value is -5.74. The number of carboxylic acid groups (broad SMARTS) is 2. The molecule has 336 valence electrons. The third-order valence-electron chi connectivity index (χ3n) is 8.33. The van der Waals surface area contributed by atoms with Crippen molar-refractivity contribution >= 4 is 124 Å². The van der Waals surface area contributed by atoms with E-state index in [-0.39, 0.29) is 130 Å². The second-order valence-corrected chi connectivity index (χ2v) is 15.7. The zero-order valence-corrected chi connectivity index (χ0v) is 35.1. The summed E-state index contributed by atoms with van der Waals surface area (Å²) < 4.78 is 84.2. The molecule has 0 unspecified atom stereocenters. The monoisotopic (exact) mass is 948 g/mol. The molecule has 2 aromatic heterocycles. The Morgan fingerprint density at radius 1 is 0.645 bits per heavy atom. The number of nitrogens with one attached hydrogen (secondary N) is 6. The van der Waals surface area contributed by atoms with Gasteiger partial charge < -0.3 is 50.3 Å². The number of aromatic amines is 2. The third kappa shape index (κ3) is 13.1. The Bertz CT molecular complexity index is 2930. The number of carboxylic acids is 2. The van der Waals surface area contributed by atoms with Crippen LogP contribution in [0.2, 0.25) is 10.0 Å². The first-order chi connectivity index (χ1) is 29.3. The van der Waals surface area contributed by atoms with Crippen LogP contribution >= 0.6 is 23.2 Å². The van der Waals surface area contributed by atoms with E-state index in [4.69, 9.17) is 51.4 Å². The van der Waals surface area contributed by atoms with E-state index in [0.717, 1.165) is 0 Å². The van der Waals surface area contributed by atoms with Gasteiger partial charge in [0, 0.05) is 39.0 Å². The minimum Gasteiger partial charge on any atom is -0.481 e. The summed E-state index contributed by atoms with van der Waals surface area (Å²) in [7, 11) is -9.53. The highest BCUT2D eigenvalue weighted by Crippen LogP contribution is 2.41. The Balaban J connectivity index is 1.58. The average molecular weight is 950 g/mol. The number of amides is 2. The van der Waals surface area contributed by atoms with E-state index >= 15 is 0 Å². The van der Waals surface area contributed by atoms with E-state index < -0.39 is 57.8 Å². The number of nitrogens with zero attached hydrogens (tertiary/aromatic N) is 2. The van der Waals surface area contributed by atoms with Gasteiger partial charge >= 0.3 is 32.7 Å². The molecule has 0 aliphatic carbocycles. The lowest BCUT2D eigenvalue weighted by Crippen LogP contribution is -2.30. The van der Waals surface area contributed by atoms with E-state index in [9.17, 15) is 36.0 Å². The molecule has 0 saturated carbocycles. The van der Waals surface area contributed by atoms with Crippen molar-refractivity contribution in [1.82, 2.24) is 20.6 Å². The summed E-state index contributed by atoms with van der Waals surface area (Å²) >= 11 is 13.9. The number of aromatic nitrogens is 2. The number of aliphatic carboxylic acids is 2. The van der Waals surface area contributed by atoms with Gasteiger partial charge in [-0.25, -0.2) is 8.37 Å². The van der Waals surface area contributed by atoms with Crippen LogP contribution in [-0.2, 0) is 48.3 Å². The van der Waals surface area contributed by atoms with Crippen molar-refractivity contribution < 1.29 is 72.5 Å². The fourth-order valence-corrected chi connectivity index (χ4v) is 6.81. The van der Waals surface area contributed by atoms with Crippen LogP contribution in [0.25, 0.3) is 44.4 Å². The van der Waals surface area contributed by atoms with Crippen LogP contribution in [0.5, 0.6) is 0 Å². The second-order valence-electron chi connectivity index (χ2n) is 12.8. The zero-order valence-electron chi connectivity index (χ0n) is 31.9. The number of hydrogen-bond acceptors (Lipinski definition) is 16. The maximum absolute atomic E-state index is 12.0. The summed E-state index contributed by atoms with van der Waals surface area (Å²) in [5, 5.41) is 29.1. The largest absolute Gasteiger partial charge is 0.481 e. The molecule has 0 bridgehead atoms. The highest BCUT2D eigenvalue weighted by molar-refractivity contribution is 7.81. The first-order valence-electron chi connectivity index (χ1n) is 18.1. The number of halogens is 2. The third-order valence-corrected chi connectivity index (χ3v) is 9.98. The number of anilines is 2. The Morgan fingerprint density at radius 3 is 1.79 bits per heavy atom. The molecule has 3 aromatic carbocycles. The van der Waals surface area contributed by atoms with Crippen molar-refractivity contribution in [3.63, 3.8) is 0 Å². The van der Waals surface area contributed by atoms with Crippen LogP contribution in [-0.4, -0.2) is 122 Å². The van der Waals surface area contributed by atoms with Crippen molar-refractivity contribution in [3.05, 3.63) is 45.0 Å². The Labute approximate surface area is 359 Å². The van der Waals surface area contributed by atoms with E-state index in [0.29, 0.717) is 11.2 Å². The van der Waals surface area contributed by atoms with Gasteiger partial charge in [-0.1, -0.05) is 23.2 Å². The van der Waals surface area contributed by atoms with Crippen LogP contribution in [0.4, 0.5) is 11.4 Å². The van der Waals surface area contributed by atoms with Crippen molar-refractivity contribution in [2.75, 3.05) is 63.1 Å². The quantitative estimate of drug-likeness (QED) is 0.0270. The van der Waals surface area contributed by atoms with Gasteiger partial charge in [0.1, 0.15) is 32.1 Å². The molecule has 2 heterocycles. The number of hydrogen-bond donors (Lipinski definition) is 10. The molecular weight excluding hydrogens is 911 g/mol. The number of H-pyrrole nitrogens is 2. The molecular formula is C34H38Cl2N8O16S2. The highest BCUT2D eigenvalue weighted by Gasteiger charge is 2.21. The van der Waals surface area contributed by atoms with Gasteiger partial charge in [-0.15, -0.1) is 0 Å². The first-order valence-corrected chi connectivity index (χ1v) is 21.6. The van der Waals surface area contributed by atoms with Gasteiger partial charge in [0.25, 0.3) is 0 Å². The summed E-state index contributed by atoms with van der Waals surface area (Å²) in [5.41, 5.74) is 1.81. The number of carbonyl (C=O) groups is 4. The fraction of sp³-hybridized carbons (Fsp3) is 0.353. The molecule has 0 radical (unpaired) electrons. The minimum atomic E-state index is -4.78. The van der Waals surface area contributed by atoms with Crippen LogP contribution < -0.4 is 32.0 Å². The van der Waals surface area contributed by atoms with Gasteiger partial charge in [-0.2, -0.15) is 16.8 Å². The standard InChI is InChI=1S/C34H38Cl2N8O16S2/c35-25-29-33(59-31-19(43-29)3-1-17(27(31)41-13-15-57-61(51,52)53)37-9-11-39-21(45)5-7-23(47)48)26(36)30-34(25)60-32-20(44-30)4-2-18(28(32)42-14-16-58-62(54,55)56)38-10-12-40-22(46)6-8-24(49)50/h1-4,37,41,43-44H,5-16H2,(H,39,45)(H,40,46)(H,47,48)(H,49,50)(H,51,52,53)(H,54,55,56). The molecule has 0 fully saturated rings. The molecule has 10 N–H and O–H groups in total. The zero-order chi connectivity index (χ0) is 45.2. The number of carbonyl (C=O) groups excluding carboxylic acids is 2. The SMILES string of the molecule is O=C(O)CCC(=O)NCCN=c1ccc2[nH]c3c(Cl)c4oc5c(NCCOS(=O)(=O)O)c(NCCNC(=O)CCC(=O)O)ccc5[nH]c4c(Cl)c3oc2c1=NCCOS(=O)(=O)O. The summed E-state index contributed by atoms with van der Waals surface area (Å²) in [6.45, 7) is -1.22. The van der Waals surface area contributed by atoms with Crippen molar-refractivity contribution in [3.8, 4) is 0 Å². The van der Waals surface area contributed by atoms with Crippen molar-refractivity contribution in [2.45, 2.75) is 25.7 Å². The van der Waals surface area contributed by atoms with Gasteiger partial charge in [-0.05, 0) is 24.3 Å². The molecule has 24 nitrogen and oxygen atoms in total. The van der Waals surface area contributed by atoms with Crippen LogP contribution in [0.1, 0.15) is 25.7 Å². The maximum Gasteiger partial charge on any atom is 0.397 e. The predicted octanol–water partition coefficient (Wildman–Crippen LogP) is 2.24. The van der Waals surface area contributed by atoms with E-state index in [1.54, 1.807) is 18.2 Å². The second kappa shape index (κ2) is 20.9. The van der Waals surface area contributed by atoms with E-state index in [1.807, 2.05) is 0 Å². The number of fused-ring (bicyclic) bond motifs is 4. The maximum atomic E-state index is 12.0. The van der Waals surface area contributed by atoms with Crippen LogP contribution in [0.15, 0.2) is 43.1 Å². The molecule has 2 amide bonds. The molecule has 5 rings (SSSR count). The topological polar surface area (TPSA) is 367 Å². The molecule has 0 aliphatic rings. The van der Waals surface area contributed by atoms with Crippen molar-refractivity contribution in [2.24, 2.45) is 9.98 Å². The molecule has 0 saturated heterocycles. The van der Waals surface area contributed by atoms with E-state index in [1.165, 1.54) is 6.07 Å². The summed E-state index contributed by atoms with van der Waals surface area (Å²) in [4.78, 5) is 60.7. The van der Waals surface area contributed by atoms with Crippen molar-refractivity contribution in [1.29, 1.82) is 0 Å². The highest BCUT2D eigenvalue weighted by atomic mass is 35.5. The molecule has 28 heteroatoms. The van der Waals surface area contributed by atoms with Gasteiger partial charge in [0.2, 0.25) is 11.8 Å². The van der Waals surface area contributed by atoms with Crippen LogP contribution in [0, 0.1) is 0 Å². The molecule has 0 spiro atoms. The Kier molecular flexibility index (Phi) is 15.9. The number of benzene rings is 3. The fourth-order valence-electron chi connectivity index (χ4n) is 5.70.